The van der Waals surface area contributed by atoms with Crippen LogP contribution in [0.5, 0.6) is 0 Å². The van der Waals surface area contributed by atoms with E-state index in [-0.39, 0.29) is 17.7 Å². The van der Waals surface area contributed by atoms with Crippen LogP contribution in [0, 0.1) is 0 Å². The smallest absolute Gasteiger partial charge is 0.231 e. The zero-order valence-electron chi connectivity index (χ0n) is 15.0. The molecule has 1 aromatic carbocycles. The molecule has 142 valence electrons. The van der Waals surface area contributed by atoms with Crippen molar-refractivity contribution in [3.05, 3.63) is 30.1 Å². The van der Waals surface area contributed by atoms with Gasteiger partial charge in [0.25, 0.3) is 0 Å². The van der Waals surface area contributed by atoms with Crippen molar-refractivity contribution in [2.75, 3.05) is 17.8 Å². The molecule has 1 aliphatic carbocycles. The van der Waals surface area contributed by atoms with Gasteiger partial charge in [0.15, 0.2) is 0 Å². The number of rotatable bonds is 9. The minimum atomic E-state index is -0.141. The van der Waals surface area contributed by atoms with E-state index in [1.165, 1.54) is 11.8 Å². The summed E-state index contributed by atoms with van der Waals surface area (Å²) in [5, 5.41) is 15.6. The number of imidazole rings is 1. The topological polar surface area (TPSA) is 101 Å². The van der Waals surface area contributed by atoms with Crippen molar-refractivity contribution in [1.29, 1.82) is 0 Å². The van der Waals surface area contributed by atoms with Gasteiger partial charge in [0.2, 0.25) is 11.1 Å². The Labute approximate surface area is 165 Å². The fourth-order valence-corrected chi connectivity index (χ4v) is 4.07. The Morgan fingerprint density at radius 2 is 2.26 bits per heavy atom. The van der Waals surface area contributed by atoms with Gasteiger partial charge in [0.05, 0.1) is 28.9 Å². The summed E-state index contributed by atoms with van der Waals surface area (Å²) in [5.41, 5.74) is 1.89. The third kappa shape index (κ3) is 4.44. The largest absolute Gasteiger partial charge is 0.345 e. The fourth-order valence-electron chi connectivity index (χ4n) is 2.85. The highest BCUT2D eigenvalue weighted by Gasteiger charge is 2.28. The van der Waals surface area contributed by atoms with Crippen LogP contribution in [0.3, 0.4) is 0 Å². The lowest BCUT2D eigenvalue weighted by atomic mass is 10.2. The molecule has 0 spiro atoms. The Kier molecular flexibility index (Phi) is 5.63. The average Bonchev–Trinajstić information content (AvgIpc) is 3.26. The van der Waals surface area contributed by atoms with Gasteiger partial charge < -0.3 is 10.3 Å². The molecule has 1 unspecified atom stereocenters. The molecule has 4 rings (SSSR count). The van der Waals surface area contributed by atoms with Crippen molar-refractivity contribution in [3.8, 4) is 0 Å². The summed E-state index contributed by atoms with van der Waals surface area (Å²) in [6, 6.07) is 8.15. The first-order chi connectivity index (χ1) is 13.2. The van der Waals surface area contributed by atoms with Crippen molar-refractivity contribution in [2.24, 2.45) is 0 Å². The molecule has 1 atom stereocenters. The van der Waals surface area contributed by atoms with Crippen molar-refractivity contribution in [2.45, 2.75) is 36.5 Å². The molecule has 0 radical (unpaired) electrons. The number of amides is 1. The average molecular weight is 404 g/mol. The fraction of sp³-hybridized carbons (Fsp3) is 0.471. The number of fused-ring (bicyclic) bond motifs is 1. The summed E-state index contributed by atoms with van der Waals surface area (Å²) in [7, 11) is 0. The van der Waals surface area contributed by atoms with Gasteiger partial charge in [-0.3, -0.25) is 4.79 Å². The number of nitrogens with zero attached hydrogens (tertiary/aromatic N) is 5. The van der Waals surface area contributed by atoms with Crippen LogP contribution in [-0.2, 0) is 4.79 Å². The number of hydrogen-bond acceptors (Lipinski definition) is 7. The summed E-state index contributed by atoms with van der Waals surface area (Å²) < 4.78 is 1.82. The molecule has 1 saturated carbocycles. The highest BCUT2D eigenvalue weighted by Crippen LogP contribution is 2.36. The molecule has 1 fully saturated rings. The molecule has 8 nitrogen and oxygen atoms in total. The third-order valence-electron chi connectivity index (χ3n) is 4.37. The number of para-hydroxylation sites is 2. The van der Waals surface area contributed by atoms with Crippen LogP contribution in [0.4, 0.5) is 0 Å². The Balaban J connectivity index is 1.41. The second-order valence-corrected chi connectivity index (χ2v) is 8.39. The molecular weight excluding hydrogens is 382 g/mol. The standard InChI is InChI=1S/C17H21N7OS2/c1-26-9-8-14(16-19-12-4-2-3-5-13(12)20-16)18-15(25)10-27-17-21-22-23-24(17)11-6-7-11/h2-5,11,14H,6-10H2,1H3,(H,18,25)(H,19,20). The van der Waals surface area contributed by atoms with Crippen molar-refractivity contribution in [1.82, 2.24) is 35.5 Å². The van der Waals surface area contributed by atoms with Crippen molar-refractivity contribution >= 4 is 40.5 Å². The van der Waals surface area contributed by atoms with Crippen molar-refractivity contribution in [3.63, 3.8) is 0 Å². The van der Waals surface area contributed by atoms with E-state index < -0.39 is 0 Å². The van der Waals surface area contributed by atoms with E-state index in [1.807, 2.05) is 28.9 Å². The number of tetrazole rings is 1. The first-order valence-electron chi connectivity index (χ1n) is 8.88. The molecule has 0 saturated heterocycles. The van der Waals surface area contributed by atoms with Crippen LogP contribution >= 0.6 is 23.5 Å². The monoisotopic (exact) mass is 403 g/mol. The third-order valence-corrected chi connectivity index (χ3v) is 5.95. The van der Waals surface area contributed by atoms with Gasteiger partial charge in [0.1, 0.15) is 5.82 Å². The van der Waals surface area contributed by atoms with Gasteiger partial charge >= 0.3 is 0 Å². The minimum absolute atomic E-state index is 0.0445. The van der Waals surface area contributed by atoms with Crippen LogP contribution in [0.1, 0.15) is 37.2 Å². The normalized spacial score (nSPS) is 15.1. The van der Waals surface area contributed by atoms with Gasteiger partial charge in [-0.1, -0.05) is 23.9 Å². The molecule has 0 bridgehead atoms. The Bertz CT molecular complexity index is 888. The van der Waals surface area contributed by atoms with Crippen LogP contribution in [0.25, 0.3) is 11.0 Å². The van der Waals surface area contributed by atoms with Crippen LogP contribution in [0.15, 0.2) is 29.4 Å². The SMILES string of the molecule is CSCCC(NC(=O)CSc1nnnn1C1CC1)c1nc2ccccc2[nH]1. The van der Waals surface area contributed by atoms with Crippen LogP contribution in [0.2, 0.25) is 0 Å². The molecule has 1 aliphatic rings. The van der Waals surface area contributed by atoms with Gasteiger partial charge in [-0.2, -0.15) is 11.8 Å². The summed E-state index contributed by atoms with van der Waals surface area (Å²) in [5.74, 6) is 1.97. The Morgan fingerprint density at radius 3 is 3.04 bits per heavy atom. The predicted molar refractivity (Wildman–Crippen MR) is 107 cm³/mol. The molecule has 0 aliphatic heterocycles. The zero-order chi connectivity index (χ0) is 18.6. The lowest BCUT2D eigenvalue weighted by molar-refractivity contribution is -0.119. The Morgan fingerprint density at radius 1 is 1.41 bits per heavy atom. The van der Waals surface area contributed by atoms with E-state index in [0.717, 1.165) is 41.9 Å². The predicted octanol–water partition coefficient (Wildman–Crippen LogP) is 2.59. The van der Waals surface area contributed by atoms with Gasteiger partial charge in [-0.25, -0.2) is 9.67 Å². The number of benzene rings is 1. The summed E-state index contributed by atoms with van der Waals surface area (Å²) in [6.07, 6.45) is 5.09. The van der Waals surface area contributed by atoms with Gasteiger partial charge in [-0.15, -0.1) is 5.10 Å². The van der Waals surface area contributed by atoms with E-state index in [0.29, 0.717) is 11.2 Å². The molecule has 2 aromatic heterocycles. The maximum absolute atomic E-state index is 12.5. The highest BCUT2D eigenvalue weighted by atomic mass is 32.2. The second-order valence-electron chi connectivity index (χ2n) is 6.47. The highest BCUT2D eigenvalue weighted by molar-refractivity contribution is 7.99. The van der Waals surface area contributed by atoms with Gasteiger partial charge in [0, 0.05) is 0 Å². The maximum Gasteiger partial charge on any atom is 0.231 e. The Hall–Kier alpha value is -2.07. The first-order valence-corrected chi connectivity index (χ1v) is 11.3. The minimum Gasteiger partial charge on any atom is -0.345 e. The molecule has 1 amide bonds. The van der Waals surface area contributed by atoms with E-state index in [2.05, 4.69) is 37.1 Å². The molecule has 27 heavy (non-hydrogen) atoms. The number of hydrogen-bond donors (Lipinski definition) is 2. The summed E-state index contributed by atoms with van der Waals surface area (Å²) in [6.45, 7) is 0. The number of thioether (sulfide) groups is 2. The summed E-state index contributed by atoms with van der Waals surface area (Å²) in [4.78, 5) is 20.5. The molecule has 2 N–H and O–H groups in total. The van der Waals surface area contributed by atoms with E-state index in [1.54, 1.807) is 11.8 Å². The maximum atomic E-state index is 12.5. The summed E-state index contributed by atoms with van der Waals surface area (Å²) >= 11 is 3.13. The van der Waals surface area contributed by atoms with Crippen molar-refractivity contribution < 1.29 is 4.79 Å². The number of nitrogens with one attached hydrogen (secondary N) is 2. The molecular formula is C17H21N7OS2. The number of carbonyl (C=O) groups excluding carboxylic acids is 1. The number of carbonyl (C=O) groups is 1. The lowest BCUT2D eigenvalue weighted by Crippen LogP contribution is -2.31. The molecule has 3 aromatic rings. The quantitative estimate of drug-likeness (QED) is 0.530. The van der Waals surface area contributed by atoms with Crippen LogP contribution < -0.4 is 5.32 Å². The molecule has 10 heteroatoms. The van der Waals surface area contributed by atoms with Gasteiger partial charge in [-0.05, 0) is 53.8 Å². The van der Waals surface area contributed by atoms with E-state index in [9.17, 15) is 4.79 Å². The molecule has 2 heterocycles. The van der Waals surface area contributed by atoms with E-state index >= 15 is 0 Å². The zero-order valence-corrected chi connectivity index (χ0v) is 16.6. The second kappa shape index (κ2) is 8.30. The number of aromatic amines is 1. The van der Waals surface area contributed by atoms with Crippen LogP contribution in [-0.4, -0.2) is 53.8 Å². The van der Waals surface area contributed by atoms with E-state index in [4.69, 9.17) is 0 Å². The lowest BCUT2D eigenvalue weighted by Gasteiger charge is -2.16. The number of H-pyrrole nitrogens is 1. The first kappa shape index (κ1) is 18.3. The number of aromatic nitrogens is 6.